The maximum Gasteiger partial charge on any atom is 0.156 e. The van der Waals surface area contributed by atoms with Crippen LogP contribution in [0.2, 0.25) is 0 Å². The molecule has 2 aromatic carbocycles. The van der Waals surface area contributed by atoms with Gasteiger partial charge in [0.2, 0.25) is 0 Å². The summed E-state index contributed by atoms with van der Waals surface area (Å²) >= 11 is 0. The van der Waals surface area contributed by atoms with Gasteiger partial charge in [0.15, 0.2) is 5.82 Å². The number of fused-ring (bicyclic) bond motifs is 1. The number of anilines is 3. The summed E-state index contributed by atoms with van der Waals surface area (Å²) in [6.07, 6.45) is 9.87. The molecule has 1 N–H and O–H groups in total. The van der Waals surface area contributed by atoms with E-state index in [2.05, 4.69) is 105 Å². The van der Waals surface area contributed by atoms with Gasteiger partial charge in [-0.25, -0.2) is 4.98 Å². The van der Waals surface area contributed by atoms with Gasteiger partial charge >= 0.3 is 0 Å². The number of hydrogen-bond donors (Lipinski definition) is 1. The van der Waals surface area contributed by atoms with Crippen LogP contribution in [0.3, 0.4) is 0 Å². The topological polar surface area (TPSA) is 41.0 Å². The highest BCUT2D eigenvalue weighted by Crippen LogP contribution is 2.50. The summed E-state index contributed by atoms with van der Waals surface area (Å²) in [6, 6.07) is 19.3. The fourth-order valence-corrected chi connectivity index (χ4v) is 5.63. The number of hydrogen-bond acceptors (Lipinski definition) is 4. The number of nitrogens with zero attached hydrogens (tertiary/aromatic N) is 3. The van der Waals surface area contributed by atoms with Crippen LogP contribution in [0, 0.1) is 11.8 Å². The van der Waals surface area contributed by atoms with E-state index in [-0.39, 0.29) is 11.6 Å². The molecule has 1 aliphatic heterocycles. The van der Waals surface area contributed by atoms with Gasteiger partial charge in [0.1, 0.15) is 6.17 Å². The van der Waals surface area contributed by atoms with E-state index in [0.29, 0.717) is 11.8 Å². The zero-order valence-corrected chi connectivity index (χ0v) is 21.0. The van der Waals surface area contributed by atoms with Crippen LogP contribution >= 0.6 is 0 Å². The first-order chi connectivity index (χ1) is 16.6. The predicted octanol–water partition coefficient (Wildman–Crippen LogP) is 7.52. The fourth-order valence-electron chi connectivity index (χ4n) is 5.63. The number of benzene rings is 2. The molecule has 0 fully saturated rings. The standard InChI is InChI=1S/C30H38N4/c1-6-22(5)21-27-29(32-20-19-31-27)34(23-15-11-10-12-16-23)28-24(7-2)30(8-3,9-4)25-17-13-14-18-26(25)33-28/h8,10-20,22,24,28,33H,3,6-7,9,21H2,1-2,4-5H3. The second kappa shape index (κ2) is 10.4. The lowest BCUT2D eigenvalue weighted by molar-refractivity contribution is 0.262. The summed E-state index contributed by atoms with van der Waals surface area (Å²) in [5.41, 5.74) is 4.55. The van der Waals surface area contributed by atoms with Gasteiger partial charge in [0.05, 0.1) is 5.69 Å². The average Bonchev–Trinajstić information content (AvgIpc) is 2.89. The zero-order chi connectivity index (χ0) is 24.1. The van der Waals surface area contributed by atoms with E-state index in [1.54, 1.807) is 0 Å². The Labute approximate surface area is 205 Å². The largest absolute Gasteiger partial charge is 0.364 e. The molecule has 4 nitrogen and oxygen atoms in total. The molecular formula is C30H38N4. The zero-order valence-electron chi connectivity index (χ0n) is 21.0. The van der Waals surface area contributed by atoms with Gasteiger partial charge < -0.3 is 10.2 Å². The number of rotatable bonds is 9. The summed E-state index contributed by atoms with van der Waals surface area (Å²) in [5.74, 6) is 1.78. The molecule has 3 aromatic rings. The smallest absolute Gasteiger partial charge is 0.156 e. The molecule has 2 heterocycles. The van der Waals surface area contributed by atoms with Gasteiger partial charge in [0, 0.05) is 35.1 Å². The summed E-state index contributed by atoms with van der Waals surface area (Å²) in [7, 11) is 0. The number of para-hydroxylation sites is 2. The first-order valence-corrected chi connectivity index (χ1v) is 12.7. The first-order valence-electron chi connectivity index (χ1n) is 12.7. The van der Waals surface area contributed by atoms with E-state index < -0.39 is 0 Å². The van der Waals surface area contributed by atoms with E-state index in [9.17, 15) is 0 Å². The summed E-state index contributed by atoms with van der Waals surface area (Å²) in [5, 5.41) is 3.92. The lowest BCUT2D eigenvalue weighted by Gasteiger charge is -2.51. The van der Waals surface area contributed by atoms with E-state index in [1.807, 2.05) is 12.4 Å². The van der Waals surface area contributed by atoms with Crippen LogP contribution in [-0.4, -0.2) is 16.1 Å². The van der Waals surface area contributed by atoms with Crippen molar-refractivity contribution >= 4 is 17.2 Å². The van der Waals surface area contributed by atoms with E-state index in [4.69, 9.17) is 9.97 Å². The number of allylic oxidation sites excluding steroid dienone is 1. The minimum absolute atomic E-state index is 0.00707. The van der Waals surface area contributed by atoms with Crippen LogP contribution in [0.1, 0.15) is 58.2 Å². The van der Waals surface area contributed by atoms with Crippen molar-refractivity contribution in [3.8, 4) is 0 Å². The van der Waals surface area contributed by atoms with Crippen LogP contribution < -0.4 is 10.2 Å². The highest BCUT2D eigenvalue weighted by Gasteiger charge is 2.47. The van der Waals surface area contributed by atoms with Gasteiger partial charge in [-0.1, -0.05) is 76.6 Å². The Morgan fingerprint density at radius 3 is 2.41 bits per heavy atom. The summed E-state index contributed by atoms with van der Waals surface area (Å²) in [6.45, 7) is 13.5. The molecular weight excluding hydrogens is 416 g/mol. The van der Waals surface area contributed by atoms with Crippen molar-refractivity contribution < 1.29 is 0 Å². The Balaban J connectivity index is 1.93. The van der Waals surface area contributed by atoms with Crippen molar-refractivity contribution in [3.05, 3.63) is 90.9 Å². The predicted molar refractivity (Wildman–Crippen MR) is 144 cm³/mol. The maximum atomic E-state index is 4.94. The average molecular weight is 455 g/mol. The molecule has 1 aromatic heterocycles. The molecule has 0 spiro atoms. The van der Waals surface area contributed by atoms with Gasteiger partial charge in [-0.15, -0.1) is 6.58 Å². The molecule has 178 valence electrons. The highest BCUT2D eigenvalue weighted by atomic mass is 15.3. The van der Waals surface area contributed by atoms with Crippen molar-refractivity contribution in [2.75, 3.05) is 10.2 Å². The molecule has 1 aliphatic rings. The van der Waals surface area contributed by atoms with Crippen molar-refractivity contribution in [1.82, 2.24) is 9.97 Å². The molecule has 0 saturated carbocycles. The molecule has 4 unspecified atom stereocenters. The minimum atomic E-state index is -0.132. The maximum absolute atomic E-state index is 4.94. The van der Waals surface area contributed by atoms with E-state index in [1.165, 1.54) is 11.3 Å². The van der Waals surface area contributed by atoms with Crippen LogP contribution in [0.5, 0.6) is 0 Å². The normalized spacial score (nSPS) is 22.4. The van der Waals surface area contributed by atoms with Crippen molar-refractivity contribution in [1.29, 1.82) is 0 Å². The van der Waals surface area contributed by atoms with Crippen LogP contribution in [-0.2, 0) is 11.8 Å². The lowest BCUT2D eigenvalue weighted by atomic mass is 9.63. The molecule has 4 atom stereocenters. The third-order valence-corrected chi connectivity index (χ3v) is 7.70. The highest BCUT2D eigenvalue weighted by molar-refractivity contribution is 5.68. The Bertz CT molecular complexity index is 1100. The second-order valence-corrected chi connectivity index (χ2v) is 9.50. The van der Waals surface area contributed by atoms with E-state index >= 15 is 0 Å². The Hall–Kier alpha value is -3.14. The van der Waals surface area contributed by atoms with Gasteiger partial charge in [-0.3, -0.25) is 4.98 Å². The molecule has 4 rings (SSSR count). The minimum Gasteiger partial charge on any atom is -0.364 e. The van der Waals surface area contributed by atoms with Crippen LogP contribution in [0.15, 0.2) is 79.6 Å². The van der Waals surface area contributed by atoms with E-state index in [0.717, 1.165) is 42.9 Å². The SMILES string of the molecule is C=CC1(CC)c2ccccc2NC(N(c2ccccc2)c2nccnc2CC(C)CC)C1CC. The monoisotopic (exact) mass is 454 g/mol. The van der Waals surface area contributed by atoms with Crippen LogP contribution in [0.25, 0.3) is 0 Å². The molecule has 0 aliphatic carbocycles. The summed E-state index contributed by atoms with van der Waals surface area (Å²) < 4.78 is 0. The Morgan fingerprint density at radius 1 is 1.03 bits per heavy atom. The molecule has 0 saturated heterocycles. The van der Waals surface area contributed by atoms with Gasteiger partial charge in [-0.05, 0) is 48.9 Å². The summed E-state index contributed by atoms with van der Waals surface area (Å²) in [4.78, 5) is 12.2. The lowest BCUT2D eigenvalue weighted by Crippen LogP contribution is -2.55. The van der Waals surface area contributed by atoms with Crippen molar-refractivity contribution in [3.63, 3.8) is 0 Å². The third-order valence-electron chi connectivity index (χ3n) is 7.70. The fraction of sp³-hybridized carbons (Fsp3) is 0.400. The Morgan fingerprint density at radius 2 is 1.74 bits per heavy atom. The second-order valence-electron chi connectivity index (χ2n) is 9.50. The Kier molecular flexibility index (Phi) is 7.35. The van der Waals surface area contributed by atoms with Gasteiger partial charge in [0.25, 0.3) is 0 Å². The van der Waals surface area contributed by atoms with Crippen LogP contribution in [0.4, 0.5) is 17.2 Å². The third kappa shape index (κ3) is 4.22. The quantitative estimate of drug-likeness (QED) is 0.340. The number of aromatic nitrogens is 2. The van der Waals surface area contributed by atoms with Crippen molar-refractivity contribution in [2.45, 2.75) is 65.0 Å². The molecule has 0 bridgehead atoms. The molecule has 34 heavy (non-hydrogen) atoms. The van der Waals surface area contributed by atoms with Gasteiger partial charge in [-0.2, -0.15) is 0 Å². The number of nitrogens with one attached hydrogen (secondary N) is 1. The first kappa shape index (κ1) is 24.0. The molecule has 0 amide bonds. The molecule has 0 radical (unpaired) electrons. The molecule has 4 heteroatoms. The van der Waals surface area contributed by atoms with Crippen molar-refractivity contribution in [2.24, 2.45) is 11.8 Å².